The Balaban J connectivity index is 1.25. The Hall–Kier alpha value is -2.86. The molecule has 2 aliphatic heterocycles. The van der Waals surface area contributed by atoms with E-state index in [1.54, 1.807) is 7.05 Å². The van der Waals surface area contributed by atoms with E-state index in [2.05, 4.69) is 63.8 Å². The van der Waals surface area contributed by atoms with Crippen LogP contribution < -0.4 is 15.5 Å². The molecule has 0 aliphatic carbocycles. The van der Waals surface area contributed by atoms with Gasteiger partial charge in [0.1, 0.15) is 0 Å². The molecule has 31 heavy (non-hydrogen) atoms. The lowest BCUT2D eigenvalue weighted by atomic mass is 9.97. The molecule has 1 amide bonds. The molecule has 6 heteroatoms. The molecule has 2 atom stereocenters. The zero-order valence-corrected chi connectivity index (χ0v) is 18.6. The van der Waals surface area contributed by atoms with Gasteiger partial charge in [0.2, 0.25) is 5.91 Å². The summed E-state index contributed by atoms with van der Waals surface area (Å²) in [6, 6.07) is 19.7. The summed E-state index contributed by atoms with van der Waals surface area (Å²) in [6.45, 7) is 5.34. The third-order valence-electron chi connectivity index (χ3n) is 6.40. The first kappa shape index (κ1) is 21.4. The Morgan fingerprint density at radius 1 is 1.10 bits per heavy atom. The second-order valence-corrected chi connectivity index (χ2v) is 8.52. The predicted molar refractivity (Wildman–Crippen MR) is 126 cm³/mol. The van der Waals surface area contributed by atoms with Crippen molar-refractivity contribution in [1.82, 2.24) is 15.5 Å². The highest BCUT2D eigenvalue weighted by molar-refractivity contribution is 5.98. The van der Waals surface area contributed by atoms with Crippen molar-refractivity contribution in [2.75, 3.05) is 31.6 Å². The van der Waals surface area contributed by atoms with Gasteiger partial charge >= 0.3 is 0 Å². The maximum Gasteiger partial charge on any atom is 0.246 e. The lowest BCUT2D eigenvalue weighted by Gasteiger charge is -2.38. The van der Waals surface area contributed by atoms with Gasteiger partial charge in [0.05, 0.1) is 6.54 Å². The summed E-state index contributed by atoms with van der Waals surface area (Å²) < 4.78 is 0. The second-order valence-electron chi connectivity index (χ2n) is 8.52. The fourth-order valence-corrected chi connectivity index (χ4v) is 4.64. The highest BCUT2D eigenvalue weighted by Gasteiger charge is 2.27. The number of carbonyl (C=O) groups excluding carboxylic acids is 1. The van der Waals surface area contributed by atoms with Gasteiger partial charge in [0.15, 0.2) is 5.96 Å². The summed E-state index contributed by atoms with van der Waals surface area (Å²) in [7, 11) is 1.76. The number of hydrogen-bond acceptors (Lipinski definition) is 3. The van der Waals surface area contributed by atoms with E-state index in [1.165, 1.54) is 11.1 Å². The molecule has 4 rings (SSSR count). The van der Waals surface area contributed by atoms with Crippen LogP contribution in [0.2, 0.25) is 0 Å². The van der Waals surface area contributed by atoms with Crippen molar-refractivity contribution >= 4 is 17.6 Å². The molecule has 0 bridgehead atoms. The van der Waals surface area contributed by atoms with E-state index < -0.39 is 0 Å². The van der Waals surface area contributed by atoms with Crippen molar-refractivity contribution in [2.24, 2.45) is 4.99 Å². The van der Waals surface area contributed by atoms with Crippen LogP contribution in [-0.4, -0.2) is 55.5 Å². The molecular weight excluding hydrogens is 386 g/mol. The molecule has 2 unspecified atom stereocenters. The lowest BCUT2D eigenvalue weighted by molar-refractivity contribution is -0.117. The zero-order valence-electron chi connectivity index (χ0n) is 18.6. The maximum atomic E-state index is 12.8. The molecule has 1 saturated heterocycles. The number of piperidine rings is 1. The van der Waals surface area contributed by atoms with Crippen LogP contribution in [0.15, 0.2) is 59.6 Å². The lowest BCUT2D eigenvalue weighted by Crippen LogP contribution is -2.52. The van der Waals surface area contributed by atoms with Crippen LogP contribution >= 0.6 is 0 Å². The largest absolute Gasteiger partial charge is 0.354 e. The number of amides is 1. The monoisotopic (exact) mass is 419 g/mol. The van der Waals surface area contributed by atoms with Gasteiger partial charge in [-0.25, -0.2) is 0 Å². The summed E-state index contributed by atoms with van der Waals surface area (Å²) in [5.74, 6) is 0.786. The summed E-state index contributed by atoms with van der Waals surface area (Å²) in [5, 5.41) is 6.75. The SMILES string of the molecule is CN=C(NCC(=O)N1CCc2ccccc21)NC1CCN(Cc2ccccc2)C(C)C1. The molecule has 1 fully saturated rings. The summed E-state index contributed by atoms with van der Waals surface area (Å²) >= 11 is 0. The average Bonchev–Trinajstić information content (AvgIpc) is 3.23. The molecule has 2 heterocycles. The van der Waals surface area contributed by atoms with Gasteiger partial charge in [0, 0.05) is 44.5 Å². The van der Waals surface area contributed by atoms with Crippen molar-refractivity contribution in [2.45, 2.75) is 44.8 Å². The van der Waals surface area contributed by atoms with E-state index in [0.717, 1.165) is 44.6 Å². The van der Waals surface area contributed by atoms with E-state index in [1.807, 2.05) is 23.1 Å². The first-order valence-corrected chi connectivity index (χ1v) is 11.3. The molecule has 2 aliphatic rings. The first-order valence-electron chi connectivity index (χ1n) is 11.3. The number of para-hydroxylation sites is 1. The minimum atomic E-state index is 0.0824. The minimum absolute atomic E-state index is 0.0824. The Kier molecular flexibility index (Phi) is 6.87. The number of nitrogens with one attached hydrogen (secondary N) is 2. The van der Waals surface area contributed by atoms with Crippen LogP contribution in [0.4, 0.5) is 5.69 Å². The van der Waals surface area contributed by atoms with E-state index in [-0.39, 0.29) is 12.5 Å². The third kappa shape index (κ3) is 5.25. The number of fused-ring (bicyclic) bond motifs is 1. The summed E-state index contributed by atoms with van der Waals surface area (Å²) in [6.07, 6.45) is 3.04. The number of nitrogens with zero attached hydrogens (tertiary/aromatic N) is 3. The number of guanidine groups is 1. The Labute approximate surface area is 185 Å². The number of likely N-dealkylation sites (tertiary alicyclic amines) is 1. The van der Waals surface area contributed by atoms with Gasteiger partial charge in [-0.1, -0.05) is 48.5 Å². The molecule has 0 saturated carbocycles. The highest BCUT2D eigenvalue weighted by Crippen LogP contribution is 2.27. The number of hydrogen-bond donors (Lipinski definition) is 2. The topological polar surface area (TPSA) is 60.0 Å². The van der Waals surface area contributed by atoms with Gasteiger partial charge < -0.3 is 15.5 Å². The van der Waals surface area contributed by atoms with Crippen LogP contribution in [0.3, 0.4) is 0 Å². The standard InChI is InChI=1S/C25H33N5O/c1-19-16-22(13-14-29(19)18-20-8-4-3-5-9-20)28-25(26-2)27-17-24(31)30-15-12-21-10-6-7-11-23(21)30/h3-11,19,22H,12-18H2,1-2H3,(H2,26,27,28). The fraction of sp³-hybridized carbons (Fsp3) is 0.440. The predicted octanol–water partition coefficient (Wildman–Crippen LogP) is 2.79. The molecule has 2 aromatic rings. The summed E-state index contributed by atoms with van der Waals surface area (Å²) in [5.41, 5.74) is 3.65. The number of anilines is 1. The maximum absolute atomic E-state index is 12.8. The summed E-state index contributed by atoms with van der Waals surface area (Å²) in [4.78, 5) is 21.5. The van der Waals surface area contributed by atoms with Gasteiger partial charge in [0.25, 0.3) is 0 Å². The number of carbonyl (C=O) groups is 1. The smallest absolute Gasteiger partial charge is 0.246 e. The van der Waals surface area contributed by atoms with Crippen LogP contribution in [-0.2, 0) is 17.8 Å². The number of rotatable bonds is 5. The number of benzene rings is 2. The molecule has 164 valence electrons. The average molecular weight is 420 g/mol. The van der Waals surface area contributed by atoms with Crippen molar-refractivity contribution in [3.8, 4) is 0 Å². The Morgan fingerprint density at radius 3 is 2.65 bits per heavy atom. The van der Waals surface area contributed by atoms with Crippen molar-refractivity contribution in [3.05, 3.63) is 65.7 Å². The highest BCUT2D eigenvalue weighted by atomic mass is 16.2. The van der Waals surface area contributed by atoms with Crippen molar-refractivity contribution < 1.29 is 4.79 Å². The van der Waals surface area contributed by atoms with Crippen LogP contribution in [0.25, 0.3) is 0 Å². The fourth-order valence-electron chi connectivity index (χ4n) is 4.64. The van der Waals surface area contributed by atoms with E-state index in [9.17, 15) is 4.79 Å². The van der Waals surface area contributed by atoms with Crippen molar-refractivity contribution in [3.63, 3.8) is 0 Å². The van der Waals surface area contributed by atoms with Gasteiger partial charge in [-0.2, -0.15) is 0 Å². The quantitative estimate of drug-likeness (QED) is 0.578. The van der Waals surface area contributed by atoms with Gasteiger partial charge in [-0.05, 0) is 43.4 Å². The van der Waals surface area contributed by atoms with Gasteiger partial charge in [-0.15, -0.1) is 0 Å². The third-order valence-corrected chi connectivity index (χ3v) is 6.40. The molecule has 2 N–H and O–H groups in total. The molecule has 6 nitrogen and oxygen atoms in total. The van der Waals surface area contributed by atoms with Crippen LogP contribution in [0.1, 0.15) is 30.9 Å². The zero-order chi connectivity index (χ0) is 21.6. The molecular formula is C25H33N5O. The van der Waals surface area contributed by atoms with Crippen molar-refractivity contribution in [1.29, 1.82) is 0 Å². The Morgan fingerprint density at radius 2 is 1.87 bits per heavy atom. The Bertz CT molecular complexity index is 913. The van der Waals surface area contributed by atoms with E-state index >= 15 is 0 Å². The first-order chi connectivity index (χ1) is 15.1. The second kappa shape index (κ2) is 9.96. The molecule has 0 spiro atoms. The number of aliphatic imine (C=N–C) groups is 1. The molecule has 2 aromatic carbocycles. The normalized spacial score (nSPS) is 21.6. The van der Waals surface area contributed by atoms with Crippen LogP contribution in [0.5, 0.6) is 0 Å². The van der Waals surface area contributed by atoms with Gasteiger partial charge in [-0.3, -0.25) is 14.7 Å². The molecule has 0 aromatic heterocycles. The van der Waals surface area contributed by atoms with E-state index in [4.69, 9.17) is 0 Å². The molecule has 0 radical (unpaired) electrons. The minimum Gasteiger partial charge on any atom is -0.354 e. The van der Waals surface area contributed by atoms with E-state index in [0.29, 0.717) is 18.0 Å². The van der Waals surface area contributed by atoms with Crippen LogP contribution in [0, 0.1) is 0 Å².